The lowest BCUT2D eigenvalue weighted by Crippen LogP contribution is -2.10. The van der Waals surface area contributed by atoms with Gasteiger partial charge in [0.1, 0.15) is 0 Å². The molecule has 4 nitrogen and oxygen atoms in total. The minimum atomic E-state index is -0.451. The van der Waals surface area contributed by atoms with E-state index in [0.29, 0.717) is 19.0 Å². The third-order valence-electron chi connectivity index (χ3n) is 2.42. The molecule has 1 saturated carbocycles. The van der Waals surface area contributed by atoms with E-state index in [9.17, 15) is 5.11 Å². The Morgan fingerprint density at radius 3 is 3.08 bits per heavy atom. The lowest BCUT2D eigenvalue weighted by molar-refractivity contribution is 0.160. The molecule has 1 aliphatic carbocycles. The first-order chi connectivity index (χ1) is 6.33. The van der Waals surface area contributed by atoms with Gasteiger partial charge in [0.15, 0.2) is 0 Å². The van der Waals surface area contributed by atoms with Gasteiger partial charge in [-0.25, -0.2) is 4.98 Å². The molecular weight excluding hydrogens is 166 g/mol. The molecule has 4 heteroatoms. The third-order valence-corrected chi connectivity index (χ3v) is 2.42. The fraction of sp³-hybridized carbons (Fsp3) is 0.667. The van der Waals surface area contributed by atoms with Crippen LogP contribution in [0.25, 0.3) is 0 Å². The number of imidazole rings is 1. The predicted molar refractivity (Wildman–Crippen MR) is 49.1 cm³/mol. The molecule has 0 aromatic carbocycles. The molecule has 1 aliphatic rings. The van der Waals surface area contributed by atoms with Gasteiger partial charge in [0.2, 0.25) is 0 Å². The molecule has 1 aromatic heterocycles. The molecule has 3 N–H and O–H groups in total. The van der Waals surface area contributed by atoms with Crippen molar-refractivity contribution in [3.8, 4) is 0 Å². The summed E-state index contributed by atoms with van der Waals surface area (Å²) >= 11 is 0. The predicted octanol–water partition coefficient (Wildman–Crippen LogP) is 0.600. The maximum atomic E-state index is 9.73. The lowest BCUT2D eigenvalue weighted by Gasteiger charge is -2.11. The van der Waals surface area contributed by atoms with E-state index in [1.54, 1.807) is 12.5 Å². The van der Waals surface area contributed by atoms with Gasteiger partial charge in [0, 0.05) is 6.04 Å². The normalized spacial score (nSPS) is 18.9. The maximum Gasteiger partial charge on any atom is 0.0967 e. The minimum Gasteiger partial charge on any atom is -0.387 e. The van der Waals surface area contributed by atoms with Gasteiger partial charge in [-0.05, 0) is 25.8 Å². The van der Waals surface area contributed by atoms with E-state index in [2.05, 4.69) is 9.55 Å². The molecular formula is C9H15N3O. The summed E-state index contributed by atoms with van der Waals surface area (Å²) in [5.74, 6) is 0. The van der Waals surface area contributed by atoms with Crippen LogP contribution in [-0.2, 0) is 0 Å². The van der Waals surface area contributed by atoms with Crippen LogP contribution in [-0.4, -0.2) is 21.2 Å². The summed E-state index contributed by atoms with van der Waals surface area (Å²) in [6.07, 6.45) is 6.11. The Morgan fingerprint density at radius 1 is 1.69 bits per heavy atom. The molecule has 1 unspecified atom stereocenters. The molecule has 2 rings (SSSR count). The highest BCUT2D eigenvalue weighted by Gasteiger charge is 2.26. The van der Waals surface area contributed by atoms with Crippen molar-refractivity contribution in [2.24, 2.45) is 5.73 Å². The number of nitrogens with two attached hydrogens (primary N) is 1. The van der Waals surface area contributed by atoms with Crippen molar-refractivity contribution in [2.75, 3.05) is 6.54 Å². The highest BCUT2D eigenvalue weighted by atomic mass is 16.3. The first-order valence-corrected chi connectivity index (χ1v) is 4.72. The first kappa shape index (κ1) is 8.72. The Labute approximate surface area is 77.4 Å². The molecule has 0 bridgehead atoms. The van der Waals surface area contributed by atoms with E-state index in [4.69, 9.17) is 5.73 Å². The topological polar surface area (TPSA) is 64.1 Å². The smallest absolute Gasteiger partial charge is 0.0967 e. The number of aromatic nitrogens is 2. The van der Waals surface area contributed by atoms with Crippen LogP contribution in [0.4, 0.5) is 0 Å². The van der Waals surface area contributed by atoms with E-state index in [0.717, 1.165) is 5.69 Å². The van der Waals surface area contributed by atoms with Crippen LogP contribution in [0.2, 0.25) is 0 Å². The van der Waals surface area contributed by atoms with Crippen molar-refractivity contribution >= 4 is 0 Å². The van der Waals surface area contributed by atoms with Crippen molar-refractivity contribution in [3.05, 3.63) is 18.2 Å². The summed E-state index contributed by atoms with van der Waals surface area (Å²) in [4.78, 5) is 4.05. The Balaban J connectivity index is 2.13. The van der Waals surface area contributed by atoms with Gasteiger partial charge in [-0.1, -0.05) is 0 Å². The second-order valence-electron chi connectivity index (χ2n) is 3.55. The molecule has 0 spiro atoms. The van der Waals surface area contributed by atoms with E-state index in [1.807, 2.05) is 0 Å². The first-order valence-electron chi connectivity index (χ1n) is 4.72. The zero-order valence-corrected chi connectivity index (χ0v) is 7.56. The van der Waals surface area contributed by atoms with Crippen LogP contribution in [0.1, 0.15) is 37.1 Å². The zero-order valence-electron chi connectivity index (χ0n) is 7.56. The van der Waals surface area contributed by atoms with Crippen molar-refractivity contribution in [1.82, 2.24) is 9.55 Å². The molecule has 0 amide bonds. The zero-order chi connectivity index (χ0) is 9.26. The summed E-state index contributed by atoms with van der Waals surface area (Å²) in [6, 6.07) is 0.574. The second kappa shape index (κ2) is 3.47. The van der Waals surface area contributed by atoms with Crippen molar-refractivity contribution < 1.29 is 5.11 Å². The van der Waals surface area contributed by atoms with Gasteiger partial charge in [0.05, 0.1) is 24.3 Å². The molecule has 13 heavy (non-hydrogen) atoms. The van der Waals surface area contributed by atoms with Crippen LogP contribution in [0.3, 0.4) is 0 Å². The summed E-state index contributed by atoms with van der Waals surface area (Å²) in [6.45, 7) is 0.511. The number of aliphatic hydroxyl groups excluding tert-OH is 1. The summed E-state index contributed by atoms with van der Waals surface area (Å²) in [5, 5.41) is 9.73. The SMILES string of the molecule is NCCC(O)c1cncn1C1CC1. The van der Waals surface area contributed by atoms with E-state index >= 15 is 0 Å². The maximum absolute atomic E-state index is 9.73. The van der Waals surface area contributed by atoms with Crippen molar-refractivity contribution in [3.63, 3.8) is 0 Å². The Hall–Kier alpha value is -0.870. The lowest BCUT2D eigenvalue weighted by atomic mass is 10.2. The van der Waals surface area contributed by atoms with Gasteiger partial charge >= 0.3 is 0 Å². The van der Waals surface area contributed by atoms with Crippen molar-refractivity contribution in [2.45, 2.75) is 31.4 Å². The fourth-order valence-electron chi connectivity index (χ4n) is 1.54. The number of hydrogen-bond acceptors (Lipinski definition) is 3. The highest BCUT2D eigenvalue weighted by Crippen LogP contribution is 2.37. The van der Waals surface area contributed by atoms with E-state index in [1.165, 1.54) is 12.8 Å². The number of hydrogen-bond donors (Lipinski definition) is 2. The van der Waals surface area contributed by atoms with Gasteiger partial charge in [-0.2, -0.15) is 0 Å². The standard InChI is InChI=1S/C9H15N3O/c10-4-3-9(13)8-5-11-6-12(8)7-1-2-7/h5-7,9,13H,1-4,10H2. The molecule has 72 valence electrons. The Morgan fingerprint density at radius 2 is 2.46 bits per heavy atom. The summed E-state index contributed by atoms with van der Waals surface area (Å²) < 4.78 is 2.07. The molecule has 0 aliphatic heterocycles. The molecule has 1 aromatic rings. The van der Waals surface area contributed by atoms with Crippen LogP contribution < -0.4 is 5.73 Å². The third kappa shape index (κ3) is 1.73. The Kier molecular flexibility index (Phi) is 2.33. The van der Waals surface area contributed by atoms with Crippen LogP contribution in [0, 0.1) is 0 Å². The minimum absolute atomic E-state index is 0.451. The van der Waals surface area contributed by atoms with Gasteiger partial charge in [0.25, 0.3) is 0 Å². The number of nitrogens with zero attached hydrogens (tertiary/aromatic N) is 2. The molecule has 1 heterocycles. The quantitative estimate of drug-likeness (QED) is 0.715. The molecule has 0 saturated heterocycles. The van der Waals surface area contributed by atoms with Gasteiger partial charge in [-0.3, -0.25) is 0 Å². The largest absolute Gasteiger partial charge is 0.387 e. The second-order valence-corrected chi connectivity index (χ2v) is 3.55. The van der Waals surface area contributed by atoms with E-state index in [-0.39, 0.29) is 0 Å². The van der Waals surface area contributed by atoms with Crippen LogP contribution in [0.5, 0.6) is 0 Å². The molecule has 1 atom stereocenters. The highest BCUT2D eigenvalue weighted by molar-refractivity contribution is 5.06. The summed E-state index contributed by atoms with van der Waals surface area (Å²) in [7, 11) is 0. The average Bonchev–Trinajstić information content (AvgIpc) is 2.84. The van der Waals surface area contributed by atoms with Crippen molar-refractivity contribution in [1.29, 1.82) is 0 Å². The van der Waals surface area contributed by atoms with Gasteiger partial charge in [-0.15, -0.1) is 0 Å². The number of rotatable bonds is 4. The Bertz CT molecular complexity index is 280. The van der Waals surface area contributed by atoms with Crippen LogP contribution >= 0.6 is 0 Å². The monoisotopic (exact) mass is 181 g/mol. The average molecular weight is 181 g/mol. The fourth-order valence-corrected chi connectivity index (χ4v) is 1.54. The molecule has 1 fully saturated rings. The molecule has 0 radical (unpaired) electrons. The van der Waals surface area contributed by atoms with Crippen LogP contribution in [0.15, 0.2) is 12.5 Å². The summed E-state index contributed by atoms with van der Waals surface area (Å²) in [5.41, 5.74) is 6.30. The van der Waals surface area contributed by atoms with Gasteiger partial charge < -0.3 is 15.4 Å². The van der Waals surface area contributed by atoms with E-state index < -0.39 is 6.10 Å². The number of aliphatic hydroxyl groups is 1.